The highest BCUT2D eigenvalue weighted by Gasteiger charge is 2.23. The fourth-order valence-electron chi connectivity index (χ4n) is 3.32. The van der Waals surface area contributed by atoms with Crippen molar-refractivity contribution < 1.29 is 19.4 Å². The molecule has 1 aromatic rings. The van der Waals surface area contributed by atoms with Crippen LogP contribution in [0.1, 0.15) is 56.8 Å². The van der Waals surface area contributed by atoms with Crippen molar-refractivity contribution in [2.24, 2.45) is 5.92 Å². The van der Waals surface area contributed by atoms with Gasteiger partial charge in [0.15, 0.2) is 11.5 Å². The van der Waals surface area contributed by atoms with Crippen LogP contribution in [0, 0.1) is 5.92 Å². The van der Waals surface area contributed by atoms with Gasteiger partial charge in [-0.2, -0.15) is 0 Å². The Hall–Kier alpha value is -1.75. The lowest BCUT2D eigenvalue weighted by Gasteiger charge is -2.35. The van der Waals surface area contributed by atoms with E-state index in [2.05, 4.69) is 18.7 Å². The molecule has 5 heteroatoms. The lowest BCUT2D eigenvalue weighted by atomic mass is 10.0. The van der Waals surface area contributed by atoms with Gasteiger partial charge in [0, 0.05) is 6.04 Å². The molecule has 0 radical (unpaired) electrons. The minimum absolute atomic E-state index is 0.0319. The second-order valence-corrected chi connectivity index (χ2v) is 7.09. The van der Waals surface area contributed by atoms with Crippen molar-refractivity contribution in [1.29, 1.82) is 0 Å². The molecule has 2 rings (SSSR count). The minimum Gasteiger partial charge on any atom is -0.504 e. The first kappa shape index (κ1) is 19.6. The molecule has 1 N–H and O–H groups in total. The number of ether oxygens (including phenoxy) is 2. The molecule has 0 spiro atoms. The van der Waals surface area contributed by atoms with Gasteiger partial charge >= 0.3 is 5.97 Å². The summed E-state index contributed by atoms with van der Waals surface area (Å²) in [4.78, 5) is 14.9. The van der Waals surface area contributed by atoms with Gasteiger partial charge in [0.1, 0.15) is 6.61 Å². The number of benzene rings is 1. The second kappa shape index (κ2) is 9.66. The maximum atomic E-state index is 12.4. The largest absolute Gasteiger partial charge is 0.504 e. The number of nitrogens with zero attached hydrogens (tertiary/aromatic N) is 1. The van der Waals surface area contributed by atoms with Crippen LogP contribution in [0.5, 0.6) is 11.5 Å². The predicted octanol–water partition coefficient (Wildman–Crippen LogP) is 3.85. The van der Waals surface area contributed by atoms with Crippen molar-refractivity contribution in [3.63, 3.8) is 0 Å². The Labute approximate surface area is 150 Å². The van der Waals surface area contributed by atoms with Gasteiger partial charge in [-0.25, -0.2) is 4.79 Å². The zero-order valence-corrected chi connectivity index (χ0v) is 15.7. The van der Waals surface area contributed by atoms with E-state index in [0.717, 1.165) is 19.5 Å². The van der Waals surface area contributed by atoms with Crippen LogP contribution in [0.3, 0.4) is 0 Å². The first-order chi connectivity index (χ1) is 12.0. The van der Waals surface area contributed by atoms with Crippen molar-refractivity contribution in [1.82, 2.24) is 4.90 Å². The van der Waals surface area contributed by atoms with E-state index in [4.69, 9.17) is 9.47 Å². The van der Waals surface area contributed by atoms with E-state index in [1.807, 2.05) is 6.92 Å². The monoisotopic (exact) mass is 349 g/mol. The first-order valence-corrected chi connectivity index (χ1v) is 9.38. The summed E-state index contributed by atoms with van der Waals surface area (Å²) in [5, 5.41) is 9.75. The summed E-state index contributed by atoms with van der Waals surface area (Å²) in [6.07, 6.45) is 4.75. The number of carbonyl (C=O) groups is 1. The molecule has 5 nitrogen and oxygen atoms in total. The van der Waals surface area contributed by atoms with E-state index in [9.17, 15) is 9.90 Å². The summed E-state index contributed by atoms with van der Waals surface area (Å²) < 4.78 is 10.9. The van der Waals surface area contributed by atoms with Crippen LogP contribution in [-0.2, 0) is 4.74 Å². The highest BCUT2D eigenvalue weighted by molar-refractivity contribution is 5.90. The summed E-state index contributed by atoms with van der Waals surface area (Å²) in [5.41, 5.74) is 0.406. The molecule has 0 saturated carbocycles. The van der Waals surface area contributed by atoms with E-state index in [-0.39, 0.29) is 17.8 Å². The Kier molecular flexibility index (Phi) is 7.56. The highest BCUT2D eigenvalue weighted by atomic mass is 16.5. The van der Waals surface area contributed by atoms with Crippen molar-refractivity contribution in [3.8, 4) is 11.5 Å². The van der Waals surface area contributed by atoms with Gasteiger partial charge in [-0.1, -0.05) is 20.3 Å². The summed E-state index contributed by atoms with van der Waals surface area (Å²) in [6, 6.07) is 4.85. The molecule has 1 aromatic carbocycles. The van der Waals surface area contributed by atoms with Crippen LogP contribution in [0.2, 0.25) is 0 Å². The zero-order valence-electron chi connectivity index (χ0n) is 15.7. The number of piperidine rings is 1. The molecular formula is C20H31NO4. The van der Waals surface area contributed by atoms with Crippen molar-refractivity contribution in [2.45, 2.75) is 52.5 Å². The standard InChI is InChI=1S/C20H31NO4/c1-4-24-19-13-16(8-9-18(19)22)20(23)25-14-17(12-15(2)3)21-10-6-5-7-11-21/h8-9,13,15,17,22H,4-7,10-12,14H2,1-3H3/t17-/m0/s1. The van der Waals surface area contributed by atoms with Gasteiger partial charge in [0.25, 0.3) is 0 Å². The van der Waals surface area contributed by atoms with E-state index in [0.29, 0.717) is 30.4 Å². The number of rotatable bonds is 8. The maximum absolute atomic E-state index is 12.4. The zero-order chi connectivity index (χ0) is 18.2. The molecular weight excluding hydrogens is 318 g/mol. The second-order valence-electron chi connectivity index (χ2n) is 7.09. The van der Waals surface area contributed by atoms with Crippen molar-refractivity contribution in [2.75, 3.05) is 26.3 Å². The Balaban J connectivity index is 1.98. The smallest absolute Gasteiger partial charge is 0.338 e. The van der Waals surface area contributed by atoms with Gasteiger partial charge in [-0.15, -0.1) is 0 Å². The Morgan fingerprint density at radius 1 is 1.24 bits per heavy atom. The van der Waals surface area contributed by atoms with Crippen LogP contribution >= 0.6 is 0 Å². The minimum atomic E-state index is -0.369. The molecule has 0 aliphatic carbocycles. The Bertz CT molecular complexity index is 553. The highest BCUT2D eigenvalue weighted by Crippen LogP contribution is 2.27. The van der Waals surface area contributed by atoms with Gasteiger partial charge in [0.05, 0.1) is 12.2 Å². The molecule has 1 aliphatic heterocycles. The average Bonchev–Trinajstić information content (AvgIpc) is 2.61. The lowest BCUT2D eigenvalue weighted by Crippen LogP contribution is -2.43. The third-order valence-electron chi connectivity index (χ3n) is 4.55. The molecule has 0 bridgehead atoms. The number of hydrogen-bond donors (Lipinski definition) is 1. The summed E-state index contributed by atoms with van der Waals surface area (Å²) in [5.74, 6) is 0.534. The molecule has 1 aliphatic rings. The van der Waals surface area contributed by atoms with Crippen LogP contribution in [-0.4, -0.2) is 48.3 Å². The van der Waals surface area contributed by atoms with Crippen LogP contribution in [0.4, 0.5) is 0 Å². The number of hydrogen-bond acceptors (Lipinski definition) is 5. The average molecular weight is 349 g/mol. The molecule has 25 heavy (non-hydrogen) atoms. The fourth-order valence-corrected chi connectivity index (χ4v) is 3.32. The molecule has 1 atom stereocenters. The van der Waals surface area contributed by atoms with E-state index in [1.165, 1.54) is 25.3 Å². The normalized spacial score (nSPS) is 16.6. The SMILES string of the molecule is CCOc1cc(C(=O)OC[C@H](CC(C)C)N2CCCCC2)ccc1O. The number of likely N-dealkylation sites (tertiary alicyclic amines) is 1. The maximum Gasteiger partial charge on any atom is 0.338 e. The first-order valence-electron chi connectivity index (χ1n) is 9.38. The van der Waals surface area contributed by atoms with Gasteiger partial charge in [-0.05, 0) is 63.4 Å². The number of phenolic OH excluding ortho intramolecular Hbond substituents is 1. The number of phenols is 1. The van der Waals surface area contributed by atoms with Gasteiger partial charge in [0.2, 0.25) is 0 Å². The van der Waals surface area contributed by atoms with Crippen molar-refractivity contribution >= 4 is 5.97 Å². The molecule has 0 amide bonds. The Morgan fingerprint density at radius 3 is 2.60 bits per heavy atom. The molecule has 1 heterocycles. The third kappa shape index (κ3) is 5.92. The predicted molar refractivity (Wildman–Crippen MR) is 98.2 cm³/mol. The van der Waals surface area contributed by atoms with Crippen LogP contribution in [0.25, 0.3) is 0 Å². The fraction of sp³-hybridized carbons (Fsp3) is 0.650. The van der Waals surface area contributed by atoms with E-state index < -0.39 is 0 Å². The number of esters is 1. The summed E-state index contributed by atoms with van der Waals surface area (Å²) >= 11 is 0. The van der Waals surface area contributed by atoms with Gasteiger partial charge in [-0.3, -0.25) is 4.90 Å². The molecule has 1 saturated heterocycles. The molecule has 140 valence electrons. The third-order valence-corrected chi connectivity index (χ3v) is 4.55. The lowest BCUT2D eigenvalue weighted by molar-refractivity contribution is 0.0283. The van der Waals surface area contributed by atoms with Crippen LogP contribution < -0.4 is 4.74 Å². The van der Waals surface area contributed by atoms with Gasteiger partial charge < -0.3 is 14.6 Å². The van der Waals surface area contributed by atoms with Crippen LogP contribution in [0.15, 0.2) is 18.2 Å². The number of carbonyl (C=O) groups excluding carboxylic acids is 1. The van der Waals surface area contributed by atoms with E-state index >= 15 is 0 Å². The Morgan fingerprint density at radius 2 is 1.96 bits per heavy atom. The molecule has 0 unspecified atom stereocenters. The van der Waals surface area contributed by atoms with E-state index in [1.54, 1.807) is 12.1 Å². The topological polar surface area (TPSA) is 59.0 Å². The molecule has 1 fully saturated rings. The molecule has 0 aromatic heterocycles. The van der Waals surface area contributed by atoms with Crippen molar-refractivity contribution in [3.05, 3.63) is 23.8 Å². The summed E-state index contributed by atoms with van der Waals surface area (Å²) in [6.45, 7) is 9.24. The number of aromatic hydroxyl groups is 1. The summed E-state index contributed by atoms with van der Waals surface area (Å²) in [7, 11) is 0. The quantitative estimate of drug-likeness (QED) is 0.723.